The number of nitro benzene ring substituents is 1. The summed E-state index contributed by atoms with van der Waals surface area (Å²) < 4.78 is 15.3. The van der Waals surface area contributed by atoms with E-state index in [0.717, 1.165) is 0 Å². The van der Waals surface area contributed by atoms with E-state index in [4.69, 9.17) is 19.5 Å². The van der Waals surface area contributed by atoms with Crippen molar-refractivity contribution in [2.45, 2.75) is 0 Å². The molecule has 0 fully saturated rings. The van der Waals surface area contributed by atoms with Crippen LogP contribution in [0.5, 0.6) is 17.2 Å². The first-order valence-electron chi connectivity index (χ1n) is 6.70. The lowest BCUT2D eigenvalue weighted by Crippen LogP contribution is -2.18. The van der Waals surface area contributed by atoms with Gasteiger partial charge in [0.05, 0.1) is 23.7 Å². The van der Waals surface area contributed by atoms with Crippen LogP contribution >= 0.6 is 0 Å². The predicted molar refractivity (Wildman–Crippen MR) is 81.9 cm³/mol. The number of hydrogen-bond donors (Lipinski definition) is 0. The average Bonchev–Trinajstić information content (AvgIpc) is 2.60. The Labute approximate surface area is 136 Å². The molecule has 0 aliphatic rings. The van der Waals surface area contributed by atoms with Gasteiger partial charge in [-0.05, 0) is 18.2 Å². The minimum Gasteiger partial charge on any atom is -0.493 e. The summed E-state index contributed by atoms with van der Waals surface area (Å²) in [7, 11) is 1.37. The van der Waals surface area contributed by atoms with Crippen LogP contribution in [0.2, 0.25) is 0 Å². The molecule has 0 radical (unpaired) electrons. The summed E-state index contributed by atoms with van der Waals surface area (Å²) in [5.74, 6) is -0.469. The molecule has 8 nitrogen and oxygen atoms in total. The van der Waals surface area contributed by atoms with Crippen molar-refractivity contribution in [3.8, 4) is 23.3 Å². The van der Waals surface area contributed by atoms with Gasteiger partial charge in [-0.15, -0.1) is 0 Å². The highest BCUT2D eigenvalue weighted by Gasteiger charge is 2.16. The van der Waals surface area contributed by atoms with Crippen LogP contribution in [0.3, 0.4) is 0 Å². The van der Waals surface area contributed by atoms with Gasteiger partial charge in [0.25, 0.3) is 0 Å². The van der Waals surface area contributed by atoms with Crippen LogP contribution in [0.25, 0.3) is 0 Å². The Morgan fingerprint density at radius 1 is 1.21 bits per heavy atom. The summed E-state index contributed by atoms with van der Waals surface area (Å²) in [5, 5.41) is 19.7. The minimum atomic E-state index is -0.767. The third-order valence-electron chi connectivity index (χ3n) is 2.92. The van der Waals surface area contributed by atoms with Gasteiger partial charge in [0, 0.05) is 12.1 Å². The molecule has 122 valence electrons. The van der Waals surface area contributed by atoms with E-state index in [0.29, 0.717) is 5.56 Å². The monoisotopic (exact) mass is 328 g/mol. The normalized spacial score (nSPS) is 9.67. The number of carbonyl (C=O) groups is 1. The van der Waals surface area contributed by atoms with Crippen molar-refractivity contribution in [2.24, 2.45) is 0 Å². The molecule has 2 rings (SSSR count). The maximum Gasteiger partial charge on any atom is 0.349 e. The predicted octanol–water partition coefficient (Wildman–Crippen LogP) is 2.46. The van der Waals surface area contributed by atoms with Crippen LogP contribution in [0.1, 0.15) is 5.56 Å². The highest BCUT2D eigenvalue weighted by atomic mass is 16.6. The summed E-state index contributed by atoms with van der Waals surface area (Å²) >= 11 is 0. The van der Waals surface area contributed by atoms with Crippen molar-refractivity contribution in [3.63, 3.8) is 0 Å². The number of nitro groups is 1. The van der Waals surface area contributed by atoms with Crippen LogP contribution < -0.4 is 14.2 Å². The summed E-state index contributed by atoms with van der Waals surface area (Å²) in [4.78, 5) is 22.1. The van der Waals surface area contributed by atoms with Crippen molar-refractivity contribution in [1.82, 2.24) is 0 Å². The van der Waals surface area contributed by atoms with E-state index in [9.17, 15) is 14.9 Å². The molecular weight excluding hydrogens is 316 g/mol. The van der Waals surface area contributed by atoms with E-state index in [1.165, 1.54) is 43.5 Å². The Morgan fingerprint density at radius 3 is 2.62 bits per heavy atom. The van der Waals surface area contributed by atoms with Crippen molar-refractivity contribution < 1.29 is 23.9 Å². The molecule has 0 aliphatic heterocycles. The highest BCUT2D eigenvalue weighted by molar-refractivity contribution is 5.75. The Balaban J connectivity index is 2.05. The van der Waals surface area contributed by atoms with E-state index in [1.807, 2.05) is 6.07 Å². The Kier molecular flexibility index (Phi) is 5.31. The number of esters is 1. The molecule has 0 amide bonds. The Morgan fingerprint density at radius 2 is 1.96 bits per heavy atom. The van der Waals surface area contributed by atoms with Gasteiger partial charge in [0.15, 0.2) is 23.9 Å². The van der Waals surface area contributed by atoms with E-state index in [-0.39, 0.29) is 22.9 Å². The van der Waals surface area contributed by atoms with Gasteiger partial charge < -0.3 is 14.2 Å². The van der Waals surface area contributed by atoms with Crippen LogP contribution in [0.15, 0.2) is 42.5 Å². The first-order chi connectivity index (χ1) is 11.5. The highest BCUT2D eigenvalue weighted by Crippen LogP contribution is 2.28. The number of nitrogens with zero attached hydrogens (tertiary/aromatic N) is 2. The summed E-state index contributed by atoms with van der Waals surface area (Å²) in [6.07, 6.45) is 0. The molecule has 0 aliphatic carbocycles. The SMILES string of the molecule is COc1cc(C#N)ccc1OC(=O)COc1ccccc1[N+](=O)[O-]. The van der Waals surface area contributed by atoms with Gasteiger partial charge in [-0.25, -0.2) is 4.79 Å². The van der Waals surface area contributed by atoms with Crippen molar-refractivity contribution in [3.05, 3.63) is 58.1 Å². The molecule has 0 saturated carbocycles. The summed E-state index contributed by atoms with van der Waals surface area (Å²) in [6.45, 7) is -0.520. The van der Waals surface area contributed by atoms with E-state index < -0.39 is 17.5 Å². The molecule has 0 spiro atoms. The number of rotatable bonds is 6. The first-order valence-corrected chi connectivity index (χ1v) is 6.70. The largest absolute Gasteiger partial charge is 0.493 e. The minimum absolute atomic E-state index is 0.0359. The molecule has 0 bridgehead atoms. The molecule has 8 heteroatoms. The first kappa shape index (κ1) is 16.8. The molecular formula is C16H12N2O6. The van der Waals surface area contributed by atoms with Crippen LogP contribution in [-0.2, 0) is 4.79 Å². The standard InChI is InChI=1S/C16H12N2O6/c1-22-15-8-11(9-17)6-7-14(15)24-16(19)10-23-13-5-3-2-4-12(13)18(20)21/h2-8H,10H2,1H3. The van der Waals surface area contributed by atoms with Crippen LogP contribution in [-0.4, -0.2) is 24.6 Å². The van der Waals surface area contributed by atoms with Gasteiger partial charge in [0.1, 0.15) is 0 Å². The molecule has 0 heterocycles. The molecule has 0 unspecified atom stereocenters. The molecule has 0 aromatic heterocycles. The van der Waals surface area contributed by atoms with Gasteiger partial charge >= 0.3 is 11.7 Å². The van der Waals surface area contributed by atoms with Gasteiger partial charge in [-0.1, -0.05) is 12.1 Å². The number of ether oxygens (including phenoxy) is 3. The van der Waals surface area contributed by atoms with Gasteiger partial charge in [0.2, 0.25) is 0 Å². The second-order valence-corrected chi connectivity index (χ2v) is 4.47. The number of carbonyl (C=O) groups excluding carboxylic acids is 1. The molecule has 0 saturated heterocycles. The second-order valence-electron chi connectivity index (χ2n) is 4.47. The quantitative estimate of drug-likeness (QED) is 0.346. The summed E-state index contributed by atoms with van der Waals surface area (Å²) in [5.41, 5.74) is 0.101. The molecule has 0 atom stereocenters. The third kappa shape index (κ3) is 3.98. The lowest BCUT2D eigenvalue weighted by atomic mass is 10.2. The van der Waals surface area contributed by atoms with E-state index in [1.54, 1.807) is 6.07 Å². The van der Waals surface area contributed by atoms with Crippen molar-refractivity contribution in [2.75, 3.05) is 13.7 Å². The zero-order valence-corrected chi connectivity index (χ0v) is 12.6. The zero-order valence-electron chi connectivity index (χ0n) is 12.6. The smallest absolute Gasteiger partial charge is 0.349 e. The van der Waals surface area contributed by atoms with E-state index >= 15 is 0 Å². The number of nitriles is 1. The van der Waals surface area contributed by atoms with E-state index in [2.05, 4.69) is 0 Å². The second kappa shape index (κ2) is 7.60. The Hall–Kier alpha value is -3.60. The molecule has 2 aromatic carbocycles. The molecule has 2 aromatic rings. The number of hydrogen-bond acceptors (Lipinski definition) is 7. The van der Waals surface area contributed by atoms with Crippen molar-refractivity contribution in [1.29, 1.82) is 5.26 Å². The Bertz CT molecular complexity index is 812. The fourth-order valence-electron chi connectivity index (χ4n) is 1.84. The maximum atomic E-state index is 11.9. The van der Waals surface area contributed by atoms with Crippen LogP contribution in [0, 0.1) is 21.4 Å². The maximum absolute atomic E-state index is 11.9. The third-order valence-corrected chi connectivity index (χ3v) is 2.92. The fraction of sp³-hybridized carbons (Fsp3) is 0.125. The lowest BCUT2D eigenvalue weighted by Gasteiger charge is -2.10. The van der Waals surface area contributed by atoms with Gasteiger partial charge in [-0.2, -0.15) is 5.26 Å². The number of methoxy groups -OCH3 is 1. The summed E-state index contributed by atoms with van der Waals surface area (Å²) in [6, 6.07) is 11.9. The number of para-hydroxylation sites is 2. The lowest BCUT2D eigenvalue weighted by molar-refractivity contribution is -0.385. The molecule has 0 N–H and O–H groups in total. The average molecular weight is 328 g/mol. The molecule has 24 heavy (non-hydrogen) atoms. The van der Waals surface area contributed by atoms with Gasteiger partial charge in [-0.3, -0.25) is 10.1 Å². The topological polar surface area (TPSA) is 112 Å². The number of benzene rings is 2. The zero-order chi connectivity index (χ0) is 17.5. The van der Waals surface area contributed by atoms with Crippen molar-refractivity contribution >= 4 is 11.7 Å². The van der Waals surface area contributed by atoms with Crippen LogP contribution in [0.4, 0.5) is 5.69 Å². The fourth-order valence-corrected chi connectivity index (χ4v) is 1.84.